The van der Waals surface area contributed by atoms with Crippen LogP contribution in [-0.4, -0.2) is 29.5 Å². The second kappa shape index (κ2) is 5.79. The van der Waals surface area contributed by atoms with E-state index < -0.39 is 0 Å². The van der Waals surface area contributed by atoms with E-state index >= 15 is 0 Å². The summed E-state index contributed by atoms with van der Waals surface area (Å²) in [6, 6.07) is 3.99. The highest BCUT2D eigenvalue weighted by Crippen LogP contribution is 2.25. The fourth-order valence-corrected chi connectivity index (χ4v) is 2.90. The Morgan fingerprint density at radius 1 is 1.10 bits per heavy atom. The SMILES string of the molecule is Cc1cc(C)nc(Sc2nc(Cl)nc(-n3ccnc3)n2)c1. The third-order valence-corrected chi connectivity index (χ3v) is 3.53. The van der Waals surface area contributed by atoms with Gasteiger partial charge in [0.2, 0.25) is 11.2 Å². The standard InChI is InChI=1S/C13H11ClN6S/c1-8-5-9(2)16-10(6-8)21-13-18-11(14)17-12(19-13)20-4-3-15-7-20/h3-7H,1-2H3. The first-order valence-corrected chi connectivity index (χ1v) is 7.32. The quantitative estimate of drug-likeness (QED) is 0.739. The monoisotopic (exact) mass is 318 g/mol. The normalized spacial score (nSPS) is 10.8. The molecule has 0 saturated carbocycles. The van der Waals surface area contributed by atoms with Gasteiger partial charge in [-0.05, 0) is 54.9 Å². The van der Waals surface area contributed by atoms with Crippen LogP contribution < -0.4 is 0 Å². The largest absolute Gasteiger partial charge is 0.274 e. The lowest BCUT2D eigenvalue weighted by Gasteiger charge is -2.05. The lowest BCUT2D eigenvalue weighted by atomic mass is 10.3. The second-order valence-corrected chi connectivity index (χ2v) is 5.71. The molecule has 6 nitrogen and oxygen atoms in total. The summed E-state index contributed by atoms with van der Waals surface area (Å²) in [6.07, 6.45) is 5.00. The average molecular weight is 319 g/mol. The zero-order valence-electron chi connectivity index (χ0n) is 11.4. The van der Waals surface area contributed by atoms with Crippen molar-refractivity contribution in [3.05, 3.63) is 47.4 Å². The minimum absolute atomic E-state index is 0.139. The lowest BCUT2D eigenvalue weighted by molar-refractivity contribution is 0.821. The Hall–Kier alpha value is -1.99. The van der Waals surface area contributed by atoms with E-state index in [0.717, 1.165) is 16.3 Å². The van der Waals surface area contributed by atoms with Crippen LogP contribution in [0, 0.1) is 13.8 Å². The Kier molecular flexibility index (Phi) is 3.85. The topological polar surface area (TPSA) is 69.4 Å². The van der Waals surface area contributed by atoms with Gasteiger partial charge in [0.1, 0.15) is 11.4 Å². The maximum absolute atomic E-state index is 5.97. The molecule has 3 rings (SSSR count). The zero-order chi connectivity index (χ0) is 14.8. The van der Waals surface area contributed by atoms with Gasteiger partial charge in [0, 0.05) is 18.1 Å². The second-order valence-electron chi connectivity index (χ2n) is 4.38. The van der Waals surface area contributed by atoms with Crippen molar-refractivity contribution < 1.29 is 0 Å². The van der Waals surface area contributed by atoms with Crippen LogP contribution in [0.1, 0.15) is 11.3 Å². The van der Waals surface area contributed by atoms with Crippen LogP contribution in [0.15, 0.2) is 41.0 Å². The first kappa shape index (κ1) is 14.0. The van der Waals surface area contributed by atoms with E-state index in [2.05, 4.69) is 24.9 Å². The Morgan fingerprint density at radius 2 is 1.95 bits per heavy atom. The van der Waals surface area contributed by atoms with Gasteiger partial charge in [-0.2, -0.15) is 15.0 Å². The summed E-state index contributed by atoms with van der Waals surface area (Å²) < 4.78 is 1.67. The highest BCUT2D eigenvalue weighted by Gasteiger charge is 2.09. The van der Waals surface area contributed by atoms with E-state index in [0.29, 0.717) is 11.1 Å². The predicted octanol–water partition coefficient (Wildman–Crippen LogP) is 2.87. The van der Waals surface area contributed by atoms with Crippen molar-refractivity contribution in [3.63, 3.8) is 0 Å². The number of aromatic nitrogens is 6. The molecule has 21 heavy (non-hydrogen) atoms. The van der Waals surface area contributed by atoms with E-state index in [1.807, 2.05) is 26.0 Å². The van der Waals surface area contributed by atoms with Crippen LogP contribution in [0.4, 0.5) is 0 Å². The summed E-state index contributed by atoms with van der Waals surface area (Å²) in [5.74, 6) is 0.430. The smallest absolute Gasteiger partial charge is 0.240 e. The van der Waals surface area contributed by atoms with Gasteiger partial charge in [-0.15, -0.1) is 0 Å². The number of hydrogen-bond acceptors (Lipinski definition) is 6. The molecule has 0 amide bonds. The third-order valence-electron chi connectivity index (χ3n) is 2.58. The molecule has 0 spiro atoms. The molecule has 0 bridgehead atoms. The van der Waals surface area contributed by atoms with Crippen molar-refractivity contribution >= 4 is 23.4 Å². The fraction of sp³-hybridized carbons (Fsp3) is 0.154. The van der Waals surface area contributed by atoms with Crippen LogP contribution >= 0.6 is 23.4 Å². The minimum Gasteiger partial charge on any atom is -0.274 e. The number of aryl methyl sites for hydroxylation is 2. The van der Waals surface area contributed by atoms with Crippen molar-refractivity contribution in [2.75, 3.05) is 0 Å². The average Bonchev–Trinajstić information content (AvgIpc) is 2.90. The van der Waals surface area contributed by atoms with Gasteiger partial charge in [0.15, 0.2) is 5.16 Å². The molecule has 0 aromatic carbocycles. The third kappa shape index (κ3) is 3.37. The summed E-state index contributed by atoms with van der Waals surface area (Å²) >= 11 is 7.32. The first-order chi connectivity index (χ1) is 10.1. The molecule has 3 aromatic rings. The maximum atomic E-state index is 5.97. The molecular formula is C13H11ClN6S. The Balaban J connectivity index is 1.95. The predicted molar refractivity (Wildman–Crippen MR) is 79.8 cm³/mol. The molecule has 106 valence electrons. The Morgan fingerprint density at radius 3 is 2.67 bits per heavy atom. The molecule has 0 aliphatic rings. The molecule has 0 aliphatic heterocycles. The van der Waals surface area contributed by atoms with Crippen molar-refractivity contribution in [1.29, 1.82) is 0 Å². The zero-order valence-corrected chi connectivity index (χ0v) is 12.9. The number of rotatable bonds is 3. The molecule has 0 saturated heterocycles. The van der Waals surface area contributed by atoms with Gasteiger partial charge in [-0.3, -0.25) is 4.57 Å². The van der Waals surface area contributed by atoms with Crippen molar-refractivity contribution in [3.8, 4) is 5.95 Å². The Bertz CT molecular complexity index is 754. The molecule has 0 unspecified atom stereocenters. The van der Waals surface area contributed by atoms with Gasteiger partial charge in [-0.1, -0.05) is 0 Å². The number of hydrogen-bond donors (Lipinski definition) is 0. The molecule has 3 heterocycles. The van der Waals surface area contributed by atoms with E-state index in [1.54, 1.807) is 23.3 Å². The minimum atomic E-state index is 0.139. The van der Waals surface area contributed by atoms with E-state index in [1.165, 1.54) is 11.8 Å². The molecular weight excluding hydrogens is 308 g/mol. The van der Waals surface area contributed by atoms with Gasteiger partial charge in [0.05, 0.1) is 0 Å². The summed E-state index contributed by atoms with van der Waals surface area (Å²) in [5.41, 5.74) is 2.09. The van der Waals surface area contributed by atoms with Gasteiger partial charge >= 0.3 is 0 Å². The highest BCUT2D eigenvalue weighted by atomic mass is 35.5. The highest BCUT2D eigenvalue weighted by molar-refractivity contribution is 7.99. The van der Waals surface area contributed by atoms with Crippen molar-refractivity contribution in [1.82, 2.24) is 29.5 Å². The van der Waals surface area contributed by atoms with Crippen molar-refractivity contribution in [2.45, 2.75) is 24.0 Å². The van der Waals surface area contributed by atoms with E-state index in [9.17, 15) is 0 Å². The van der Waals surface area contributed by atoms with Gasteiger partial charge in [0.25, 0.3) is 0 Å². The molecule has 0 aliphatic carbocycles. The maximum Gasteiger partial charge on any atom is 0.240 e. The summed E-state index contributed by atoms with van der Waals surface area (Å²) in [6.45, 7) is 3.98. The molecule has 8 heteroatoms. The number of halogens is 1. The number of imidazole rings is 1. The van der Waals surface area contributed by atoms with Gasteiger partial charge < -0.3 is 0 Å². The number of pyridine rings is 1. The van der Waals surface area contributed by atoms with Crippen LogP contribution in [-0.2, 0) is 0 Å². The Labute approximate surface area is 130 Å². The lowest BCUT2D eigenvalue weighted by Crippen LogP contribution is -2.02. The molecule has 0 fully saturated rings. The summed E-state index contributed by atoms with van der Waals surface area (Å²) in [4.78, 5) is 21.0. The van der Waals surface area contributed by atoms with E-state index in [-0.39, 0.29) is 5.28 Å². The summed E-state index contributed by atoms with van der Waals surface area (Å²) in [5, 5.41) is 1.46. The van der Waals surface area contributed by atoms with Gasteiger partial charge in [-0.25, -0.2) is 9.97 Å². The van der Waals surface area contributed by atoms with Crippen LogP contribution in [0.3, 0.4) is 0 Å². The fourth-order valence-electron chi connectivity index (χ4n) is 1.81. The van der Waals surface area contributed by atoms with Crippen LogP contribution in [0.5, 0.6) is 0 Å². The molecule has 0 radical (unpaired) electrons. The molecule has 0 atom stereocenters. The summed E-state index contributed by atoms with van der Waals surface area (Å²) in [7, 11) is 0. The first-order valence-electron chi connectivity index (χ1n) is 6.13. The van der Waals surface area contributed by atoms with E-state index in [4.69, 9.17) is 11.6 Å². The number of nitrogens with zero attached hydrogens (tertiary/aromatic N) is 6. The van der Waals surface area contributed by atoms with Crippen LogP contribution in [0.25, 0.3) is 5.95 Å². The molecule has 0 N–H and O–H groups in total. The van der Waals surface area contributed by atoms with Crippen molar-refractivity contribution in [2.24, 2.45) is 0 Å². The molecule has 3 aromatic heterocycles. The van der Waals surface area contributed by atoms with Crippen LogP contribution in [0.2, 0.25) is 5.28 Å².